The summed E-state index contributed by atoms with van der Waals surface area (Å²) in [7, 11) is -4.31. The van der Waals surface area contributed by atoms with E-state index in [1.54, 1.807) is 0 Å². The number of unbranched alkanes of at least 4 members (excludes halogenated alkanes) is 26. The highest BCUT2D eigenvalue weighted by molar-refractivity contribution is 7.86. The standard InChI is InChI=1S/C42H72O3S/c1-3-5-7-9-11-13-15-17-19-21-23-25-27-29-33-38-37-39-34-31-32-36-41(39)42(46(43,44)45)40(38)35-30-28-26-24-22-20-18-16-14-12-10-8-6-4-2/h31-32,34,36-37H,3-30,33,35H2,1-2H3,(H,43,44,45). The average Bonchev–Trinajstić information content (AvgIpc) is 3.04. The maximum absolute atomic E-state index is 12.7. The molecular weight excluding hydrogens is 585 g/mol. The highest BCUT2D eigenvalue weighted by atomic mass is 32.2. The number of fused-ring (bicyclic) bond motifs is 1. The van der Waals surface area contributed by atoms with Gasteiger partial charge < -0.3 is 0 Å². The van der Waals surface area contributed by atoms with Crippen LogP contribution in [0.5, 0.6) is 0 Å². The summed E-state index contributed by atoms with van der Waals surface area (Å²) in [5.41, 5.74) is 2.00. The number of rotatable bonds is 31. The molecule has 3 nitrogen and oxygen atoms in total. The summed E-state index contributed by atoms with van der Waals surface area (Å²) >= 11 is 0. The van der Waals surface area contributed by atoms with Gasteiger partial charge in [-0.25, -0.2) is 0 Å². The van der Waals surface area contributed by atoms with Crippen LogP contribution in [0.4, 0.5) is 0 Å². The molecule has 1 N–H and O–H groups in total. The van der Waals surface area contributed by atoms with Crippen LogP contribution in [0, 0.1) is 0 Å². The van der Waals surface area contributed by atoms with Crippen LogP contribution in [-0.4, -0.2) is 13.0 Å². The zero-order chi connectivity index (χ0) is 33.1. The van der Waals surface area contributed by atoms with Crippen molar-refractivity contribution in [2.45, 2.75) is 211 Å². The fourth-order valence-corrected chi connectivity index (χ4v) is 8.22. The summed E-state index contributed by atoms with van der Waals surface area (Å²) in [6, 6.07) is 9.87. The Hall–Kier alpha value is -1.39. The Kier molecular flexibility index (Phi) is 23.5. The molecule has 0 saturated heterocycles. The van der Waals surface area contributed by atoms with Gasteiger partial charge in [-0.2, -0.15) is 8.42 Å². The van der Waals surface area contributed by atoms with Crippen molar-refractivity contribution in [1.29, 1.82) is 0 Å². The van der Waals surface area contributed by atoms with Gasteiger partial charge in [0.2, 0.25) is 0 Å². The van der Waals surface area contributed by atoms with Crippen LogP contribution in [0.25, 0.3) is 10.8 Å². The summed E-state index contributed by atoms with van der Waals surface area (Å²) in [5, 5.41) is 1.58. The largest absolute Gasteiger partial charge is 0.295 e. The lowest BCUT2D eigenvalue weighted by molar-refractivity contribution is 0.482. The molecule has 0 radical (unpaired) electrons. The van der Waals surface area contributed by atoms with Crippen LogP contribution in [0.2, 0.25) is 0 Å². The maximum atomic E-state index is 12.7. The van der Waals surface area contributed by atoms with Gasteiger partial charge in [0.25, 0.3) is 10.1 Å². The molecule has 0 amide bonds. The molecule has 0 fully saturated rings. The normalized spacial score (nSPS) is 12.0. The minimum atomic E-state index is -4.31. The highest BCUT2D eigenvalue weighted by Gasteiger charge is 2.22. The molecule has 46 heavy (non-hydrogen) atoms. The molecule has 2 aromatic carbocycles. The van der Waals surface area contributed by atoms with Crippen LogP contribution in [0.3, 0.4) is 0 Å². The van der Waals surface area contributed by atoms with E-state index in [-0.39, 0.29) is 4.90 Å². The Labute approximate surface area is 285 Å². The molecule has 0 aliphatic rings. The Bertz CT molecular complexity index is 1120. The number of aryl methyl sites for hydroxylation is 1. The molecule has 2 rings (SSSR count). The van der Waals surface area contributed by atoms with Gasteiger partial charge >= 0.3 is 0 Å². The number of hydrogen-bond donors (Lipinski definition) is 1. The van der Waals surface area contributed by atoms with Crippen LogP contribution in [-0.2, 0) is 23.0 Å². The lowest BCUT2D eigenvalue weighted by atomic mass is 9.93. The lowest BCUT2D eigenvalue weighted by Gasteiger charge is -2.17. The third-order valence-corrected chi connectivity index (χ3v) is 11.0. The number of benzene rings is 2. The fraction of sp³-hybridized carbons (Fsp3) is 0.762. The third-order valence-electron chi connectivity index (χ3n) is 10.0. The maximum Gasteiger partial charge on any atom is 0.295 e. The Balaban J connectivity index is 1.75. The SMILES string of the molecule is CCCCCCCCCCCCCCCCc1cc2ccccc2c(S(=O)(=O)O)c1CCCCCCCCCCCCCCCC. The zero-order valence-electron chi connectivity index (χ0n) is 30.3. The van der Waals surface area contributed by atoms with E-state index >= 15 is 0 Å². The molecule has 0 saturated carbocycles. The first-order chi connectivity index (χ1) is 22.5. The molecule has 0 aliphatic heterocycles. The highest BCUT2D eigenvalue weighted by Crippen LogP contribution is 2.32. The van der Waals surface area contributed by atoms with Crippen molar-refractivity contribution in [3.63, 3.8) is 0 Å². The van der Waals surface area contributed by atoms with Gasteiger partial charge in [-0.3, -0.25) is 4.55 Å². The average molecular weight is 657 g/mol. The van der Waals surface area contributed by atoms with Crippen LogP contribution < -0.4 is 0 Å². The first-order valence-electron chi connectivity index (χ1n) is 20.0. The molecule has 2 aromatic rings. The van der Waals surface area contributed by atoms with Crippen molar-refractivity contribution < 1.29 is 13.0 Å². The molecule has 4 heteroatoms. The second kappa shape index (κ2) is 26.6. The quantitative estimate of drug-likeness (QED) is 0.0649. The topological polar surface area (TPSA) is 54.4 Å². The summed E-state index contributed by atoms with van der Waals surface area (Å²) in [6.07, 6.45) is 38.6. The van der Waals surface area contributed by atoms with E-state index in [4.69, 9.17) is 0 Å². The minimum Gasteiger partial charge on any atom is -0.282 e. The predicted molar refractivity (Wildman–Crippen MR) is 202 cm³/mol. The monoisotopic (exact) mass is 657 g/mol. The molecule has 0 spiro atoms. The molecule has 0 aliphatic carbocycles. The van der Waals surface area contributed by atoms with Crippen LogP contribution in [0.1, 0.15) is 205 Å². The molecule has 0 heterocycles. The van der Waals surface area contributed by atoms with Crippen LogP contribution in [0.15, 0.2) is 35.2 Å². The van der Waals surface area contributed by atoms with Gasteiger partial charge in [0.05, 0.1) is 0 Å². The van der Waals surface area contributed by atoms with Crippen LogP contribution >= 0.6 is 0 Å². The first kappa shape index (κ1) is 40.8. The van der Waals surface area contributed by atoms with E-state index in [2.05, 4.69) is 19.9 Å². The molecule has 0 atom stereocenters. The molecular formula is C42H72O3S. The Morgan fingerprint density at radius 1 is 0.478 bits per heavy atom. The van der Waals surface area contributed by atoms with Crippen molar-refractivity contribution in [2.75, 3.05) is 0 Å². The summed E-state index contributed by atoms with van der Waals surface area (Å²) in [5.74, 6) is 0. The fourth-order valence-electron chi connectivity index (χ4n) is 7.21. The third kappa shape index (κ3) is 18.2. The second-order valence-corrected chi connectivity index (χ2v) is 15.6. The van der Waals surface area contributed by atoms with Crippen molar-refractivity contribution in [1.82, 2.24) is 0 Å². The lowest BCUT2D eigenvalue weighted by Crippen LogP contribution is -2.08. The predicted octanol–water partition coefficient (Wildman–Crippen LogP) is 14.1. The van der Waals surface area contributed by atoms with Gasteiger partial charge in [-0.05, 0) is 42.2 Å². The van der Waals surface area contributed by atoms with Gasteiger partial charge in [-0.1, -0.05) is 211 Å². The van der Waals surface area contributed by atoms with Crippen molar-refractivity contribution in [3.05, 3.63) is 41.5 Å². The Morgan fingerprint density at radius 2 is 0.826 bits per heavy atom. The number of hydrogen-bond acceptors (Lipinski definition) is 2. The van der Waals surface area contributed by atoms with Crippen molar-refractivity contribution in [2.24, 2.45) is 0 Å². The van der Waals surface area contributed by atoms with Gasteiger partial charge in [0.1, 0.15) is 4.90 Å². The molecule has 0 bridgehead atoms. The van der Waals surface area contributed by atoms with Crippen molar-refractivity contribution in [3.8, 4) is 0 Å². The Morgan fingerprint density at radius 3 is 1.22 bits per heavy atom. The summed E-state index contributed by atoms with van der Waals surface area (Å²) < 4.78 is 35.8. The van der Waals surface area contributed by atoms with E-state index in [0.29, 0.717) is 5.39 Å². The van der Waals surface area contributed by atoms with E-state index in [1.807, 2.05) is 24.3 Å². The van der Waals surface area contributed by atoms with Crippen molar-refractivity contribution >= 4 is 20.9 Å². The van der Waals surface area contributed by atoms with E-state index in [0.717, 1.165) is 48.6 Å². The van der Waals surface area contributed by atoms with E-state index < -0.39 is 10.1 Å². The first-order valence-corrected chi connectivity index (χ1v) is 21.4. The molecule has 0 unspecified atom stereocenters. The molecule has 264 valence electrons. The zero-order valence-corrected chi connectivity index (χ0v) is 31.1. The molecule has 0 aromatic heterocycles. The van der Waals surface area contributed by atoms with Gasteiger partial charge in [0.15, 0.2) is 0 Å². The summed E-state index contributed by atoms with van der Waals surface area (Å²) in [6.45, 7) is 4.56. The van der Waals surface area contributed by atoms with E-state index in [1.165, 1.54) is 161 Å². The minimum absolute atomic E-state index is 0.167. The van der Waals surface area contributed by atoms with Gasteiger partial charge in [0, 0.05) is 5.39 Å². The summed E-state index contributed by atoms with van der Waals surface area (Å²) in [4.78, 5) is 0.167. The second-order valence-electron chi connectivity index (χ2n) is 14.2. The smallest absolute Gasteiger partial charge is 0.282 e. The van der Waals surface area contributed by atoms with E-state index in [9.17, 15) is 13.0 Å². The van der Waals surface area contributed by atoms with Gasteiger partial charge in [-0.15, -0.1) is 0 Å².